The molecule has 0 bridgehead atoms. The van der Waals surface area contributed by atoms with Gasteiger partial charge >= 0.3 is 0 Å². The van der Waals surface area contributed by atoms with Crippen LogP contribution in [0.15, 0.2) is 59.2 Å². The Hall–Kier alpha value is -1.94. The minimum Gasteiger partial charge on any atom is -0.377 e. The number of para-hydroxylation sites is 1. The van der Waals surface area contributed by atoms with Crippen LogP contribution in [0.3, 0.4) is 0 Å². The number of halogens is 2. The molecule has 0 saturated carbocycles. The van der Waals surface area contributed by atoms with Gasteiger partial charge in [-0.15, -0.1) is 0 Å². The van der Waals surface area contributed by atoms with Crippen molar-refractivity contribution < 1.29 is 4.39 Å². The number of nitrogens with one attached hydrogen (secondary N) is 1. The number of pyridine rings is 1. The first-order chi connectivity index (χ1) is 10.1. The van der Waals surface area contributed by atoms with Crippen LogP contribution in [-0.2, 0) is 0 Å². The molecule has 4 heteroatoms. The average Bonchev–Trinajstić information content (AvgIpc) is 2.47. The van der Waals surface area contributed by atoms with E-state index in [1.165, 1.54) is 6.07 Å². The molecule has 1 heterocycles. The van der Waals surface area contributed by atoms with Crippen LogP contribution < -0.4 is 5.32 Å². The van der Waals surface area contributed by atoms with Crippen molar-refractivity contribution >= 4 is 32.5 Å². The predicted octanol–water partition coefficient (Wildman–Crippen LogP) is 5.31. The molecule has 21 heavy (non-hydrogen) atoms. The van der Waals surface area contributed by atoms with Crippen molar-refractivity contribution in [1.82, 2.24) is 4.98 Å². The highest BCUT2D eigenvalue weighted by Crippen LogP contribution is 2.25. The lowest BCUT2D eigenvalue weighted by molar-refractivity contribution is 0.599. The average molecular weight is 345 g/mol. The number of nitrogens with zero attached hydrogens (tertiary/aromatic N) is 1. The lowest BCUT2D eigenvalue weighted by Gasteiger charge is -2.16. The Labute approximate surface area is 131 Å². The number of aromatic nitrogens is 1. The van der Waals surface area contributed by atoms with Crippen molar-refractivity contribution in [2.75, 3.05) is 5.32 Å². The van der Waals surface area contributed by atoms with Crippen LogP contribution in [0.4, 0.5) is 10.1 Å². The molecule has 0 aliphatic heterocycles. The maximum Gasteiger partial charge on any atom is 0.129 e. The molecule has 106 valence electrons. The van der Waals surface area contributed by atoms with E-state index in [1.54, 1.807) is 12.3 Å². The summed E-state index contributed by atoms with van der Waals surface area (Å²) < 4.78 is 14.7. The summed E-state index contributed by atoms with van der Waals surface area (Å²) in [6.45, 7) is 1.93. The van der Waals surface area contributed by atoms with Gasteiger partial charge in [0.05, 0.1) is 23.4 Å². The van der Waals surface area contributed by atoms with Crippen LogP contribution in [-0.4, -0.2) is 4.98 Å². The first kappa shape index (κ1) is 14.0. The van der Waals surface area contributed by atoms with Gasteiger partial charge in [0.25, 0.3) is 0 Å². The second kappa shape index (κ2) is 5.82. The summed E-state index contributed by atoms with van der Waals surface area (Å²) in [7, 11) is 0. The number of rotatable bonds is 3. The van der Waals surface area contributed by atoms with E-state index >= 15 is 0 Å². The number of fused-ring (bicyclic) bond motifs is 1. The van der Waals surface area contributed by atoms with E-state index in [2.05, 4.69) is 26.2 Å². The highest BCUT2D eigenvalue weighted by atomic mass is 79.9. The highest BCUT2D eigenvalue weighted by Gasteiger charge is 2.11. The summed E-state index contributed by atoms with van der Waals surface area (Å²) in [6.07, 6.45) is 1.77. The molecule has 3 rings (SSSR count). The smallest absolute Gasteiger partial charge is 0.129 e. The van der Waals surface area contributed by atoms with Crippen LogP contribution >= 0.6 is 15.9 Å². The van der Waals surface area contributed by atoms with Gasteiger partial charge in [-0.1, -0.05) is 40.2 Å². The van der Waals surface area contributed by atoms with E-state index in [0.29, 0.717) is 5.56 Å². The van der Waals surface area contributed by atoms with Gasteiger partial charge in [0.1, 0.15) is 5.82 Å². The molecule has 2 aromatic carbocycles. The molecule has 1 aromatic heterocycles. The Morgan fingerprint density at radius 2 is 1.95 bits per heavy atom. The quantitative estimate of drug-likeness (QED) is 0.696. The summed E-state index contributed by atoms with van der Waals surface area (Å²) in [5.74, 6) is -0.224. The molecule has 0 amide bonds. The molecular weight excluding hydrogens is 331 g/mol. The minimum atomic E-state index is -0.224. The van der Waals surface area contributed by atoms with Gasteiger partial charge < -0.3 is 5.32 Å². The third-order valence-corrected chi connectivity index (χ3v) is 3.90. The zero-order valence-electron chi connectivity index (χ0n) is 11.5. The van der Waals surface area contributed by atoms with E-state index < -0.39 is 0 Å². The fourth-order valence-corrected chi connectivity index (χ4v) is 2.66. The van der Waals surface area contributed by atoms with Crippen molar-refractivity contribution in [3.63, 3.8) is 0 Å². The number of anilines is 1. The first-order valence-corrected chi connectivity index (χ1v) is 7.49. The molecule has 1 N–H and O–H groups in total. The monoisotopic (exact) mass is 344 g/mol. The molecule has 0 aliphatic rings. The number of hydrogen-bond donors (Lipinski definition) is 1. The largest absolute Gasteiger partial charge is 0.377 e. The Morgan fingerprint density at radius 1 is 1.14 bits per heavy atom. The van der Waals surface area contributed by atoms with Crippen molar-refractivity contribution in [3.8, 4) is 0 Å². The van der Waals surface area contributed by atoms with Crippen molar-refractivity contribution in [1.29, 1.82) is 0 Å². The summed E-state index contributed by atoms with van der Waals surface area (Å²) in [6, 6.07) is 14.9. The van der Waals surface area contributed by atoms with E-state index in [-0.39, 0.29) is 11.9 Å². The summed E-state index contributed by atoms with van der Waals surface area (Å²) in [5.41, 5.74) is 2.46. The predicted molar refractivity (Wildman–Crippen MR) is 87.9 cm³/mol. The van der Waals surface area contributed by atoms with Crippen LogP contribution in [0.25, 0.3) is 10.9 Å². The van der Waals surface area contributed by atoms with E-state index in [9.17, 15) is 4.39 Å². The SMILES string of the molecule is CC(Nc1cnc2ccccc2c1)c1ccc(Br)cc1F. The Bertz CT molecular complexity index is 789. The summed E-state index contributed by atoms with van der Waals surface area (Å²) >= 11 is 3.27. The third kappa shape index (κ3) is 3.05. The molecule has 0 radical (unpaired) electrons. The molecular formula is C17H14BrFN2. The summed E-state index contributed by atoms with van der Waals surface area (Å²) in [5, 5.41) is 4.35. The van der Waals surface area contributed by atoms with E-state index in [4.69, 9.17) is 0 Å². The van der Waals surface area contributed by atoms with Gasteiger partial charge in [-0.25, -0.2) is 4.39 Å². The maximum atomic E-state index is 14.0. The summed E-state index contributed by atoms with van der Waals surface area (Å²) in [4.78, 5) is 4.40. The fraction of sp³-hybridized carbons (Fsp3) is 0.118. The fourth-order valence-electron chi connectivity index (χ4n) is 2.33. The van der Waals surface area contributed by atoms with Gasteiger partial charge in [0, 0.05) is 15.4 Å². The standard InChI is InChI=1S/C17H14BrFN2/c1-11(15-7-6-13(18)9-16(15)19)21-14-8-12-4-2-3-5-17(12)20-10-14/h2-11,21H,1H3. The van der Waals surface area contributed by atoms with E-state index in [1.807, 2.05) is 43.3 Å². The van der Waals surface area contributed by atoms with Crippen LogP contribution in [0, 0.1) is 5.82 Å². The lowest BCUT2D eigenvalue weighted by Crippen LogP contribution is -2.08. The molecule has 1 atom stereocenters. The number of hydrogen-bond acceptors (Lipinski definition) is 2. The molecule has 2 nitrogen and oxygen atoms in total. The second-order valence-electron chi connectivity index (χ2n) is 4.95. The Balaban J connectivity index is 1.87. The van der Waals surface area contributed by atoms with Gasteiger partial charge in [0.2, 0.25) is 0 Å². The Kier molecular flexibility index (Phi) is 3.88. The molecule has 3 aromatic rings. The second-order valence-corrected chi connectivity index (χ2v) is 5.86. The Morgan fingerprint density at radius 3 is 2.76 bits per heavy atom. The van der Waals surface area contributed by atoms with Crippen molar-refractivity contribution in [3.05, 3.63) is 70.6 Å². The van der Waals surface area contributed by atoms with Crippen LogP contribution in [0.1, 0.15) is 18.5 Å². The molecule has 0 fully saturated rings. The van der Waals surface area contributed by atoms with Gasteiger partial charge in [0.15, 0.2) is 0 Å². The zero-order valence-corrected chi connectivity index (χ0v) is 13.1. The van der Waals surface area contributed by atoms with Gasteiger partial charge in [-0.05, 0) is 31.2 Å². The van der Waals surface area contributed by atoms with Crippen molar-refractivity contribution in [2.45, 2.75) is 13.0 Å². The van der Waals surface area contributed by atoms with Gasteiger partial charge in [-0.2, -0.15) is 0 Å². The third-order valence-electron chi connectivity index (χ3n) is 3.40. The maximum absolute atomic E-state index is 14.0. The molecule has 1 unspecified atom stereocenters. The minimum absolute atomic E-state index is 0.138. The zero-order chi connectivity index (χ0) is 14.8. The topological polar surface area (TPSA) is 24.9 Å². The van der Waals surface area contributed by atoms with Crippen LogP contribution in [0.2, 0.25) is 0 Å². The molecule has 0 spiro atoms. The van der Waals surface area contributed by atoms with Crippen LogP contribution in [0.5, 0.6) is 0 Å². The number of benzene rings is 2. The van der Waals surface area contributed by atoms with Gasteiger partial charge in [-0.3, -0.25) is 4.98 Å². The molecule has 0 aliphatic carbocycles. The van der Waals surface area contributed by atoms with Crippen molar-refractivity contribution in [2.24, 2.45) is 0 Å². The van der Waals surface area contributed by atoms with E-state index in [0.717, 1.165) is 21.1 Å². The highest BCUT2D eigenvalue weighted by molar-refractivity contribution is 9.10. The first-order valence-electron chi connectivity index (χ1n) is 6.70. The normalized spacial score (nSPS) is 12.3. The molecule has 0 saturated heterocycles. The lowest BCUT2D eigenvalue weighted by atomic mass is 10.1.